The van der Waals surface area contributed by atoms with E-state index in [1.807, 2.05) is 31.2 Å². The minimum absolute atomic E-state index is 0.103. The molecule has 2 aromatic carbocycles. The molecule has 0 spiro atoms. The molecule has 0 atom stereocenters. The Morgan fingerprint density at radius 3 is 2.67 bits per heavy atom. The van der Waals surface area contributed by atoms with Crippen molar-refractivity contribution in [3.8, 4) is 0 Å². The number of hydrogen-bond donors (Lipinski definition) is 0. The quantitative estimate of drug-likeness (QED) is 0.598. The normalized spacial score (nSPS) is 10.3. The Morgan fingerprint density at radius 2 is 1.94 bits per heavy atom. The smallest absolute Gasteiger partial charge is 0.173 e. The number of benzene rings is 2. The number of ketones is 1. The Labute approximate surface area is 116 Å². The highest BCUT2D eigenvalue weighted by atomic mass is 35.5. The van der Waals surface area contributed by atoms with Gasteiger partial charge in [0, 0.05) is 15.5 Å². The van der Waals surface area contributed by atoms with Crippen LogP contribution in [0.5, 0.6) is 0 Å². The fraction of sp³-hybridized carbons (Fsp3) is 0.133. The second kappa shape index (κ2) is 6.07. The fourth-order valence-corrected chi connectivity index (χ4v) is 2.72. The monoisotopic (exact) mass is 276 g/mol. The predicted octanol–water partition coefficient (Wildman–Crippen LogP) is 4.62. The van der Waals surface area contributed by atoms with E-state index < -0.39 is 0 Å². The van der Waals surface area contributed by atoms with Gasteiger partial charge >= 0.3 is 0 Å². The van der Waals surface area contributed by atoms with Crippen molar-refractivity contribution in [3.63, 3.8) is 0 Å². The van der Waals surface area contributed by atoms with Gasteiger partial charge in [0.2, 0.25) is 0 Å². The maximum atomic E-state index is 12.0. The van der Waals surface area contributed by atoms with Gasteiger partial charge in [0.1, 0.15) is 0 Å². The summed E-state index contributed by atoms with van der Waals surface area (Å²) in [4.78, 5) is 13.1. The minimum Gasteiger partial charge on any atom is -0.293 e. The van der Waals surface area contributed by atoms with E-state index in [4.69, 9.17) is 11.6 Å². The molecule has 0 bridgehead atoms. The van der Waals surface area contributed by atoms with Gasteiger partial charge < -0.3 is 0 Å². The van der Waals surface area contributed by atoms with Gasteiger partial charge in [-0.3, -0.25) is 4.79 Å². The van der Waals surface area contributed by atoms with Crippen molar-refractivity contribution in [2.24, 2.45) is 0 Å². The summed E-state index contributed by atoms with van der Waals surface area (Å²) in [5.74, 6) is 0.538. The summed E-state index contributed by atoms with van der Waals surface area (Å²) in [7, 11) is 0. The van der Waals surface area contributed by atoms with E-state index in [1.54, 1.807) is 36.0 Å². The van der Waals surface area contributed by atoms with Gasteiger partial charge in [-0.05, 0) is 30.7 Å². The molecule has 0 aliphatic rings. The topological polar surface area (TPSA) is 17.1 Å². The highest BCUT2D eigenvalue weighted by molar-refractivity contribution is 8.00. The number of carbonyl (C=O) groups excluding carboxylic acids is 1. The number of Topliss-reactive ketones (excluding diaryl/α,β-unsaturated/α-hetero) is 1. The van der Waals surface area contributed by atoms with E-state index in [9.17, 15) is 4.79 Å². The molecule has 0 aromatic heterocycles. The summed E-state index contributed by atoms with van der Waals surface area (Å²) in [5.41, 5.74) is 1.87. The van der Waals surface area contributed by atoms with Crippen molar-refractivity contribution in [1.29, 1.82) is 0 Å². The zero-order chi connectivity index (χ0) is 13.0. The van der Waals surface area contributed by atoms with Gasteiger partial charge in [0.25, 0.3) is 0 Å². The van der Waals surface area contributed by atoms with Crippen molar-refractivity contribution in [1.82, 2.24) is 0 Å². The molecule has 1 nitrogen and oxygen atoms in total. The van der Waals surface area contributed by atoms with Crippen molar-refractivity contribution in [2.45, 2.75) is 11.8 Å². The summed E-state index contributed by atoms with van der Waals surface area (Å²) >= 11 is 7.44. The third-order valence-electron chi connectivity index (χ3n) is 2.60. The molecule has 0 aliphatic carbocycles. The summed E-state index contributed by atoms with van der Waals surface area (Å²) in [6.07, 6.45) is 0. The number of hydrogen-bond acceptors (Lipinski definition) is 2. The molecule has 0 N–H and O–H groups in total. The van der Waals surface area contributed by atoms with Crippen LogP contribution in [-0.2, 0) is 0 Å². The molecule has 0 amide bonds. The zero-order valence-corrected chi connectivity index (χ0v) is 11.6. The zero-order valence-electron chi connectivity index (χ0n) is 10.0. The molecule has 2 aromatic rings. The number of rotatable bonds is 4. The average Bonchev–Trinajstić information content (AvgIpc) is 2.37. The average molecular weight is 277 g/mol. The first-order chi connectivity index (χ1) is 8.66. The third kappa shape index (κ3) is 3.37. The standard InChI is InChI=1S/C15H13ClOS/c1-11-5-2-3-8-15(11)18-10-14(17)12-6-4-7-13(16)9-12/h2-9H,10H2,1H3. The number of thioether (sulfide) groups is 1. The van der Waals surface area contributed by atoms with Crippen LogP contribution in [0.4, 0.5) is 0 Å². The van der Waals surface area contributed by atoms with E-state index in [-0.39, 0.29) is 5.78 Å². The first-order valence-electron chi connectivity index (χ1n) is 5.64. The van der Waals surface area contributed by atoms with E-state index >= 15 is 0 Å². The lowest BCUT2D eigenvalue weighted by molar-refractivity contribution is 0.102. The Morgan fingerprint density at radius 1 is 1.17 bits per heavy atom. The first kappa shape index (κ1) is 13.2. The fourth-order valence-electron chi connectivity index (χ4n) is 1.61. The Bertz CT molecular complexity index is 566. The van der Waals surface area contributed by atoms with Crippen LogP contribution in [0.3, 0.4) is 0 Å². The van der Waals surface area contributed by atoms with Gasteiger partial charge in [-0.15, -0.1) is 11.8 Å². The van der Waals surface area contributed by atoms with Gasteiger partial charge in [-0.2, -0.15) is 0 Å². The second-order valence-corrected chi connectivity index (χ2v) is 5.44. The van der Waals surface area contributed by atoms with E-state index in [1.165, 1.54) is 5.56 Å². The summed E-state index contributed by atoms with van der Waals surface area (Å²) in [6.45, 7) is 2.05. The Hall–Kier alpha value is -1.25. The van der Waals surface area contributed by atoms with Crippen LogP contribution >= 0.6 is 23.4 Å². The van der Waals surface area contributed by atoms with Crippen molar-refractivity contribution in [3.05, 3.63) is 64.7 Å². The van der Waals surface area contributed by atoms with Gasteiger partial charge in [-0.1, -0.05) is 41.9 Å². The molecule has 0 heterocycles. The molecule has 0 unspecified atom stereocenters. The lowest BCUT2D eigenvalue weighted by Crippen LogP contribution is -2.02. The SMILES string of the molecule is Cc1ccccc1SCC(=O)c1cccc(Cl)c1. The lowest BCUT2D eigenvalue weighted by atomic mass is 10.1. The van der Waals surface area contributed by atoms with Crippen LogP contribution in [-0.4, -0.2) is 11.5 Å². The number of halogens is 1. The second-order valence-electron chi connectivity index (χ2n) is 3.99. The highest BCUT2D eigenvalue weighted by Gasteiger charge is 2.07. The summed E-state index contributed by atoms with van der Waals surface area (Å²) in [6, 6.07) is 15.1. The van der Waals surface area contributed by atoms with Crippen LogP contribution in [0.25, 0.3) is 0 Å². The maximum Gasteiger partial charge on any atom is 0.173 e. The van der Waals surface area contributed by atoms with Gasteiger partial charge in [-0.25, -0.2) is 0 Å². The molecule has 0 saturated heterocycles. The largest absolute Gasteiger partial charge is 0.293 e. The van der Waals surface area contributed by atoms with E-state index in [0.29, 0.717) is 16.3 Å². The molecule has 2 rings (SSSR count). The van der Waals surface area contributed by atoms with Crippen LogP contribution in [0.15, 0.2) is 53.4 Å². The molecule has 92 valence electrons. The number of aryl methyl sites for hydroxylation is 1. The first-order valence-corrected chi connectivity index (χ1v) is 7.00. The third-order valence-corrected chi connectivity index (χ3v) is 4.01. The molecular formula is C15H13ClOS. The number of carbonyl (C=O) groups is 1. The molecule has 3 heteroatoms. The van der Waals surface area contributed by atoms with E-state index in [2.05, 4.69) is 0 Å². The van der Waals surface area contributed by atoms with Gasteiger partial charge in [0.15, 0.2) is 5.78 Å². The van der Waals surface area contributed by atoms with Crippen LogP contribution in [0, 0.1) is 6.92 Å². The lowest BCUT2D eigenvalue weighted by Gasteiger charge is -2.05. The molecule has 0 saturated carbocycles. The molecule has 0 radical (unpaired) electrons. The van der Waals surface area contributed by atoms with Crippen LogP contribution < -0.4 is 0 Å². The van der Waals surface area contributed by atoms with E-state index in [0.717, 1.165) is 4.90 Å². The van der Waals surface area contributed by atoms with Gasteiger partial charge in [0.05, 0.1) is 5.75 Å². The van der Waals surface area contributed by atoms with Crippen molar-refractivity contribution < 1.29 is 4.79 Å². The van der Waals surface area contributed by atoms with Crippen molar-refractivity contribution >= 4 is 29.1 Å². The van der Waals surface area contributed by atoms with Crippen LogP contribution in [0.2, 0.25) is 5.02 Å². The summed E-state index contributed by atoms with van der Waals surface area (Å²) in [5, 5.41) is 0.599. The Kier molecular flexibility index (Phi) is 4.45. The minimum atomic E-state index is 0.103. The predicted molar refractivity (Wildman–Crippen MR) is 77.7 cm³/mol. The maximum absolute atomic E-state index is 12.0. The Balaban J connectivity index is 2.03. The summed E-state index contributed by atoms with van der Waals surface area (Å²) < 4.78 is 0. The van der Waals surface area contributed by atoms with Crippen LogP contribution in [0.1, 0.15) is 15.9 Å². The molecular weight excluding hydrogens is 264 g/mol. The molecule has 0 fully saturated rings. The van der Waals surface area contributed by atoms with Crippen molar-refractivity contribution in [2.75, 3.05) is 5.75 Å². The molecule has 0 aliphatic heterocycles. The highest BCUT2D eigenvalue weighted by Crippen LogP contribution is 2.23. The molecule has 18 heavy (non-hydrogen) atoms.